The van der Waals surface area contributed by atoms with Gasteiger partial charge in [0.25, 0.3) is 0 Å². The molecule has 0 saturated heterocycles. The molecule has 0 aliphatic rings. The van der Waals surface area contributed by atoms with Gasteiger partial charge in [0, 0.05) is 0 Å². The Labute approximate surface area is 213 Å². The molecule has 0 aromatic rings. The molecule has 0 heterocycles. The number of aliphatic carboxylic acids is 2. The second-order valence-corrected chi connectivity index (χ2v) is 10.3. The van der Waals surface area contributed by atoms with Crippen molar-refractivity contribution in [1.29, 1.82) is 0 Å². The number of carboxylic acid groups (broad SMARTS) is 2. The first-order chi connectivity index (χ1) is 15.9. The summed E-state index contributed by atoms with van der Waals surface area (Å²) < 4.78 is 18.7. The maximum atomic E-state index is 11.1. The topological polar surface area (TPSA) is 201 Å². The largest absolute Gasteiger partial charge is 0.519 e. The fraction of sp³-hybridized carbons (Fsp3) is 0.783. The number of rotatable bonds is 5. The zero-order chi connectivity index (χ0) is 29.5. The lowest BCUT2D eigenvalue weighted by Crippen LogP contribution is -2.43. The van der Waals surface area contributed by atoms with Crippen LogP contribution in [0.4, 0.5) is 14.4 Å². The van der Waals surface area contributed by atoms with Crippen molar-refractivity contribution in [2.24, 2.45) is 5.73 Å². The van der Waals surface area contributed by atoms with Crippen molar-refractivity contribution in [3.05, 3.63) is 0 Å². The van der Waals surface area contributed by atoms with Crippen LogP contribution in [0.3, 0.4) is 0 Å². The van der Waals surface area contributed by atoms with Crippen molar-refractivity contribution in [3.8, 4) is 0 Å². The van der Waals surface area contributed by atoms with Crippen LogP contribution in [0.5, 0.6) is 0 Å². The smallest absolute Gasteiger partial charge is 0.480 e. The first kappa shape index (κ1) is 37.5. The molecule has 212 valence electrons. The summed E-state index contributed by atoms with van der Waals surface area (Å²) in [5, 5.41) is 19.0. The molecule has 2 unspecified atom stereocenters. The van der Waals surface area contributed by atoms with Gasteiger partial charge in [-0.25, -0.2) is 19.2 Å². The van der Waals surface area contributed by atoms with Crippen LogP contribution in [-0.4, -0.2) is 69.4 Å². The van der Waals surface area contributed by atoms with E-state index in [0.717, 1.165) is 0 Å². The predicted octanol–water partition coefficient (Wildman–Crippen LogP) is 4.06. The second kappa shape index (κ2) is 16.6. The molecule has 0 bridgehead atoms. The van der Waals surface area contributed by atoms with Gasteiger partial charge in [-0.1, -0.05) is 13.8 Å². The SMILES string of the molecule is CC(C)(C)OC(=O)OC(=O)OC(C)(C)C.CCC(N)C(=O)O.CCC(NC(=O)OC(C)(C)C)C(=O)O. The van der Waals surface area contributed by atoms with Crippen LogP contribution in [0.15, 0.2) is 0 Å². The lowest BCUT2D eigenvalue weighted by Gasteiger charge is -2.21. The van der Waals surface area contributed by atoms with Gasteiger partial charge >= 0.3 is 30.3 Å². The minimum Gasteiger partial charge on any atom is -0.480 e. The summed E-state index contributed by atoms with van der Waals surface area (Å²) in [5.41, 5.74) is 3.02. The summed E-state index contributed by atoms with van der Waals surface area (Å²) in [6.45, 7) is 18.6. The first-order valence-corrected chi connectivity index (χ1v) is 11.3. The Bertz CT molecular complexity index is 691. The molecule has 0 radical (unpaired) electrons. The number of carboxylic acids is 2. The molecule has 0 fully saturated rings. The van der Waals surface area contributed by atoms with E-state index in [-0.39, 0.29) is 0 Å². The minimum absolute atomic E-state index is 0.328. The molecule has 0 aliphatic carbocycles. The normalized spacial score (nSPS) is 12.7. The highest BCUT2D eigenvalue weighted by atomic mass is 16.8. The summed E-state index contributed by atoms with van der Waals surface area (Å²) in [7, 11) is 0. The van der Waals surface area contributed by atoms with Crippen LogP contribution in [0.1, 0.15) is 89.0 Å². The molecule has 0 aromatic carbocycles. The third-order valence-corrected chi connectivity index (χ3v) is 3.10. The minimum atomic E-state index is -1.06. The van der Waals surface area contributed by atoms with Crippen LogP contribution < -0.4 is 11.1 Å². The van der Waals surface area contributed by atoms with Crippen LogP contribution in [0.2, 0.25) is 0 Å². The average molecular weight is 525 g/mol. The van der Waals surface area contributed by atoms with Crippen molar-refractivity contribution in [1.82, 2.24) is 5.32 Å². The van der Waals surface area contributed by atoms with Crippen molar-refractivity contribution >= 4 is 30.3 Å². The van der Waals surface area contributed by atoms with E-state index in [1.807, 2.05) is 0 Å². The third kappa shape index (κ3) is 27.2. The summed E-state index contributed by atoms with van der Waals surface area (Å²) in [4.78, 5) is 53.5. The summed E-state index contributed by atoms with van der Waals surface area (Å²) in [6.07, 6.45) is -2.00. The molecular weight excluding hydrogens is 480 g/mol. The second-order valence-electron chi connectivity index (χ2n) is 10.3. The molecule has 36 heavy (non-hydrogen) atoms. The standard InChI is InChI=1S/C10H18O5.C9H17NO4.C4H9NO2/c1-9(2,3)14-7(11)13-8(12)15-10(4,5)6;1-5-6(7(11)12)10-8(13)14-9(2,3)4;1-2-3(5)4(6)7/h1-6H3;6H,5H2,1-4H3,(H,10,13)(H,11,12);3H,2,5H2,1H3,(H,6,7). The lowest BCUT2D eigenvalue weighted by molar-refractivity contribution is -0.140. The molecule has 0 spiro atoms. The van der Waals surface area contributed by atoms with Crippen molar-refractivity contribution in [2.75, 3.05) is 0 Å². The maximum Gasteiger partial charge on any atom is 0.519 e. The van der Waals surface area contributed by atoms with Gasteiger partial charge in [0.15, 0.2) is 0 Å². The van der Waals surface area contributed by atoms with E-state index in [4.69, 9.17) is 30.2 Å². The molecule has 0 aromatic heterocycles. The highest BCUT2D eigenvalue weighted by Gasteiger charge is 2.24. The van der Waals surface area contributed by atoms with Gasteiger partial charge in [-0.05, 0) is 75.2 Å². The van der Waals surface area contributed by atoms with Crippen LogP contribution >= 0.6 is 0 Å². The number of ether oxygens (including phenoxy) is 4. The molecule has 13 nitrogen and oxygen atoms in total. The van der Waals surface area contributed by atoms with E-state index >= 15 is 0 Å². The molecule has 0 saturated carbocycles. The lowest BCUT2D eigenvalue weighted by atomic mass is 10.2. The predicted molar refractivity (Wildman–Crippen MR) is 131 cm³/mol. The van der Waals surface area contributed by atoms with Crippen molar-refractivity contribution < 1.29 is 53.1 Å². The number of carbonyl (C=O) groups is 5. The molecular formula is C23H44N2O11. The molecule has 0 rings (SSSR count). The molecule has 5 N–H and O–H groups in total. The average Bonchev–Trinajstić information content (AvgIpc) is 2.61. The number of nitrogens with two attached hydrogens (primary N) is 1. The number of hydrogen-bond donors (Lipinski definition) is 4. The molecule has 13 heteroatoms. The number of carbonyl (C=O) groups excluding carboxylic acids is 3. The Morgan fingerprint density at radius 2 is 1.06 bits per heavy atom. The summed E-state index contributed by atoms with van der Waals surface area (Å²) in [6, 6.07) is -1.56. The maximum absolute atomic E-state index is 11.1. The van der Waals surface area contributed by atoms with Crippen LogP contribution in [-0.2, 0) is 28.5 Å². The highest BCUT2D eigenvalue weighted by molar-refractivity contribution is 5.80. The van der Waals surface area contributed by atoms with E-state index in [9.17, 15) is 24.0 Å². The van der Waals surface area contributed by atoms with Gasteiger partial charge in [-0.3, -0.25) is 4.79 Å². The summed E-state index contributed by atoms with van der Waals surface area (Å²) in [5.74, 6) is -1.99. The van der Waals surface area contributed by atoms with Gasteiger partial charge in [0.2, 0.25) is 0 Å². The van der Waals surface area contributed by atoms with E-state index in [1.54, 1.807) is 76.2 Å². The first-order valence-electron chi connectivity index (χ1n) is 11.3. The molecule has 2 atom stereocenters. The molecule has 0 aliphatic heterocycles. The number of alkyl carbamates (subject to hydrolysis) is 1. The number of amides is 1. The van der Waals surface area contributed by atoms with Gasteiger partial charge in [0.05, 0.1) is 0 Å². The van der Waals surface area contributed by atoms with Crippen molar-refractivity contribution in [3.63, 3.8) is 0 Å². The quantitative estimate of drug-likeness (QED) is 0.228. The Hall–Kier alpha value is -3.09. The monoisotopic (exact) mass is 524 g/mol. The highest BCUT2D eigenvalue weighted by Crippen LogP contribution is 2.11. The summed E-state index contributed by atoms with van der Waals surface area (Å²) >= 11 is 0. The fourth-order valence-electron chi connectivity index (χ4n) is 1.57. The van der Waals surface area contributed by atoms with Crippen LogP contribution in [0, 0.1) is 0 Å². The Balaban J connectivity index is -0.000000483. The van der Waals surface area contributed by atoms with Gasteiger partial charge < -0.3 is 40.2 Å². The zero-order valence-corrected chi connectivity index (χ0v) is 23.2. The number of hydrogen-bond acceptors (Lipinski definition) is 10. The number of nitrogens with one attached hydrogen (secondary N) is 1. The zero-order valence-electron chi connectivity index (χ0n) is 23.2. The third-order valence-electron chi connectivity index (χ3n) is 3.10. The van der Waals surface area contributed by atoms with E-state index in [1.165, 1.54) is 0 Å². The Morgan fingerprint density at radius 3 is 1.25 bits per heavy atom. The Kier molecular flexibility index (Phi) is 17.2. The fourth-order valence-corrected chi connectivity index (χ4v) is 1.57. The van der Waals surface area contributed by atoms with Gasteiger partial charge in [-0.2, -0.15) is 0 Å². The van der Waals surface area contributed by atoms with Crippen molar-refractivity contribution in [2.45, 2.75) is 118 Å². The van der Waals surface area contributed by atoms with Crippen LogP contribution in [0.25, 0.3) is 0 Å². The Morgan fingerprint density at radius 1 is 0.694 bits per heavy atom. The van der Waals surface area contributed by atoms with E-state index in [2.05, 4.69) is 10.1 Å². The van der Waals surface area contributed by atoms with E-state index < -0.39 is 59.2 Å². The van der Waals surface area contributed by atoms with E-state index in [0.29, 0.717) is 12.8 Å². The van der Waals surface area contributed by atoms with Gasteiger partial charge in [0.1, 0.15) is 28.9 Å². The molecule has 1 amide bonds. The van der Waals surface area contributed by atoms with Gasteiger partial charge in [-0.15, -0.1) is 0 Å².